The third kappa shape index (κ3) is 5.33. The van der Waals surface area contributed by atoms with Crippen molar-refractivity contribution >= 4 is 17.2 Å². The highest BCUT2D eigenvalue weighted by Gasteiger charge is 2.03. The van der Waals surface area contributed by atoms with E-state index in [-0.39, 0.29) is 0 Å². The Bertz CT molecular complexity index is 368. The molecule has 1 rings (SSSR count). The number of hydrogen-bond donors (Lipinski definition) is 1. The summed E-state index contributed by atoms with van der Waals surface area (Å²) in [5.74, 6) is 1.66. The zero-order chi connectivity index (χ0) is 13.4. The highest BCUT2D eigenvalue weighted by Crippen LogP contribution is 2.16. The summed E-state index contributed by atoms with van der Waals surface area (Å²) < 4.78 is 10.7. The predicted octanol–water partition coefficient (Wildman–Crippen LogP) is 1.68. The van der Waals surface area contributed by atoms with Gasteiger partial charge < -0.3 is 15.2 Å². The zero-order valence-electron chi connectivity index (χ0n) is 10.9. The predicted molar refractivity (Wildman–Crippen MR) is 77.4 cm³/mol. The average Bonchev–Trinajstić information content (AvgIpc) is 2.38. The summed E-state index contributed by atoms with van der Waals surface area (Å²) in [6, 6.07) is 7.54. The van der Waals surface area contributed by atoms with Crippen LogP contribution in [0.1, 0.15) is 6.92 Å². The normalized spacial score (nSPS) is 10.4. The highest BCUT2D eigenvalue weighted by atomic mass is 32.1. The molecule has 0 amide bonds. The lowest BCUT2D eigenvalue weighted by Gasteiger charge is -2.19. The van der Waals surface area contributed by atoms with Crippen molar-refractivity contribution in [2.24, 2.45) is 5.73 Å². The number of rotatable bonds is 8. The number of thiocarbonyl (C=S) groups is 1. The van der Waals surface area contributed by atoms with E-state index in [0.29, 0.717) is 18.1 Å². The van der Waals surface area contributed by atoms with E-state index in [4.69, 9.17) is 27.4 Å². The Hall–Kier alpha value is -1.33. The molecule has 0 atom stereocenters. The molecule has 18 heavy (non-hydrogen) atoms. The van der Waals surface area contributed by atoms with Crippen LogP contribution in [0.5, 0.6) is 11.5 Å². The molecule has 0 aliphatic rings. The van der Waals surface area contributed by atoms with Crippen LogP contribution in [0.25, 0.3) is 0 Å². The maximum atomic E-state index is 5.64. The first-order chi connectivity index (χ1) is 8.65. The van der Waals surface area contributed by atoms with Gasteiger partial charge in [-0.2, -0.15) is 0 Å². The average molecular weight is 268 g/mol. The molecule has 0 aliphatic carbocycles. The van der Waals surface area contributed by atoms with Gasteiger partial charge in [0, 0.05) is 13.1 Å². The van der Waals surface area contributed by atoms with Gasteiger partial charge in [-0.3, -0.25) is 4.90 Å². The van der Waals surface area contributed by atoms with E-state index in [1.165, 1.54) is 0 Å². The van der Waals surface area contributed by atoms with Crippen molar-refractivity contribution in [2.45, 2.75) is 6.92 Å². The van der Waals surface area contributed by atoms with E-state index in [1.807, 2.05) is 24.3 Å². The third-order valence-electron chi connectivity index (χ3n) is 2.56. The number of ether oxygens (including phenoxy) is 2. The second-order valence-electron chi connectivity index (χ2n) is 3.86. The summed E-state index contributed by atoms with van der Waals surface area (Å²) in [6.45, 7) is 5.04. The fourth-order valence-electron chi connectivity index (χ4n) is 1.53. The molecular formula is C13H20N2O2S. The van der Waals surface area contributed by atoms with Crippen molar-refractivity contribution in [3.05, 3.63) is 24.3 Å². The van der Waals surface area contributed by atoms with Crippen LogP contribution in [0.15, 0.2) is 24.3 Å². The molecule has 0 heterocycles. The lowest BCUT2D eigenvalue weighted by atomic mass is 10.3. The van der Waals surface area contributed by atoms with E-state index < -0.39 is 0 Å². The van der Waals surface area contributed by atoms with Crippen LogP contribution in [0, 0.1) is 0 Å². The summed E-state index contributed by atoms with van der Waals surface area (Å²) >= 11 is 4.89. The van der Waals surface area contributed by atoms with Gasteiger partial charge in [0.15, 0.2) is 0 Å². The smallest absolute Gasteiger partial charge is 0.119 e. The molecule has 1 aromatic carbocycles. The molecule has 0 spiro atoms. The van der Waals surface area contributed by atoms with Crippen LogP contribution >= 0.6 is 12.2 Å². The maximum absolute atomic E-state index is 5.64. The number of nitrogens with zero attached hydrogens (tertiary/aromatic N) is 1. The van der Waals surface area contributed by atoms with Crippen molar-refractivity contribution in [1.82, 2.24) is 4.90 Å². The molecular weight excluding hydrogens is 248 g/mol. The zero-order valence-corrected chi connectivity index (χ0v) is 11.7. The summed E-state index contributed by atoms with van der Waals surface area (Å²) in [7, 11) is 1.64. The topological polar surface area (TPSA) is 47.7 Å². The molecule has 0 saturated carbocycles. The number of benzene rings is 1. The Balaban J connectivity index is 2.33. The molecule has 0 fully saturated rings. The second-order valence-corrected chi connectivity index (χ2v) is 4.38. The van der Waals surface area contributed by atoms with E-state index in [2.05, 4.69) is 11.8 Å². The fourth-order valence-corrected chi connectivity index (χ4v) is 1.72. The van der Waals surface area contributed by atoms with Crippen LogP contribution in [0.2, 0.25) is 0 Å². The van der Waals surface area contributed by atoms with Crippen LogP contribution in [0.3, 0.4) is 0 Å². The molecule has 1 aromatic rings. The Morgan fingerprint density at radius 3 is 2.39 bits per heavy atom. The minimum atomic E-state index is 0.515. The van der Waals surface area contributed by atoms with Gasteiger partial charge in [-0.15, -0.1) is 0 Å². The highest BCUT2D eigenvalue weighted by molar-refractivity contribution is 7.80. The summed E-state index contributed by atoms with van der Waals surface area (Å²) in [6.07, 6.45) is 0. The van der Waals surface area contributed by atoms with Gasteiger partial charge in [0.1, 0.15) is 18.1 Å². The van der Waals surface area contributed by atoms with Crippen molar-refractivity contribution in [2.75, 3.05) is 33.4 Å². The number of hydrogen-bond acceptors (Lipinski definition) is 4. The molecule has 2 N–H and O–H groups in total. The first-order valence-electron chi connectivity index (χ1n) is 5.93. The quantitative estimate of drug-likeness (QED) is 0.727. The minimum Gasteiger partial charge on any atom is -0.497 e. The van der Waals surface area contributed by atoms with Gasteiger partial charge in [0.25, 0.3) is 0 Å². The molecule has 5 heteroatoms. The fraction of sp³-hybridized carbons (Fsp3) is 0.462. The Labute approximate surface area is 114 Å². The van der Waals surface area contributed by atoms with Crippen molar-refractivity contribution in [3.8, 4) is 11.5 Å². The van der Waals surface area contributed by atoms with Crippen LogP contribution in [0.4, 0.5) is 0 Å². The van der Waals surface area contributed by atoms with Gasteiger partial charge >= 0.3 is 0 Å². The van der Waals surface area contributed by atoms with E-state index in [1.54, 1.807) is 7.11 Å². The number of likely N-dealkylation sites (N-methyl/N-ethyl adjacent to an activating group) is 1. The molecule has 4 nitrogen and oxygen atoms in total. The SMILES string of the molecule is CCN(CCOc1ccc(OC)cc1)CC(N)=S. The Kier molecular flexibility index (Phi) is 6.46. The molecule has 0 aromatic heterocycles. The molecule has 0 aliphatic heterocycles. The molecule has 0 radical (unpaired) electrons. The standard InChI is InChI=1S/C13H20N2O2S/c1-3-15(10-13(14)18)8-9-17-12-6-4-11(16-2)5-7-12/h4-7H,3,8-10H2,1-2H3,(H2,14,18). The maximum Gasteiger partial charge on any atom is 0.119 e. The van der Waals surface area contributed by atoms with Crippen molar-refractivity contribution in [1.29, 1.82) is 0 Å². The molecule has 0 saturated heterocycles. The molecule has 0 unspecified atom stereocenters. The van der Waals surface area contributed by atoms with Gasteiger partial charge in [-0.05, 0) is 30.8 Å². The summed E-state index contributed by atoms with van der Waals surface area (Å²) in [5.41, 5.74) is 5.52. The monoisotopic (exact) mass is 268 g/mol. The van der Waals surface area contributed by atoms with E-state index in [9.17, 15) is 0 Å². The van der Waals surface area contributed by atoms with E-state index in [0.717, 1.165) is 24.6 Å². The van der Waals surface area contributed by atoms with E-state index >= 15 is 0 Å². The van der Waals surface area contributed by atoms with Crippen LogP contribution < -0.4 is 15.2 Å². The van der Waals surface area contributed by atoms with Crippen molar-refractivity contribution in [3.63, 3.8) is 0 Å². The number of methoxy groups -OCH3 is 1. The van der Waals surface area contributed by atoms with Gasteiger partial charge in [0.05, 0.1) is 12.1 Å². The van der Waals surface area contributed by atoms with Crippen LogP contribution in [-0.4, -0.2) is 43.2 Å². The Morgan fingerprint density at radius 2 is 1.89 bits per heavy atom. The largest absolute Gasteiger partial charge is 0.497 e. The van der Waals surface area contributed by atoms with Crippen LogP contribution in [-0.2, 0) is 0 Å². The lowest BCUT2D eigenvalue weighted by Crippen LogP contribution is -2.35. The van der Waals surface area contributed by atoms with Gasteiger partial charge in [-0.1, -0.05) is 19.1 Å². The molecule has 100 valence electrons. The number of nitrogens with two attached hydrogens (primary N) is 1. The second kappa shape index (κ2) is 7.89. The third-order valence-corrected chi connectivity index (χ3v) is 2.69. The Morgan fingerprint density at radius 1 is 1.28 bits per heavy atom. The summed E-state index contributed by atoms with van der Waals surface area (Å²) in [5, 5.41) is 0. The first-order valence-corrected chi connectivity index (χ1v) is 6.34. The summed E-state index contributed by atoms with van der Waals surface area (Å²) in [4.78, 5) is 2.66. The van der Waals surface area contributed by atoms with Crippen molar-refractivity contribution < 1.29 is 9.47 Å². The van der Waals surface area contributed by atoms with Gasteiger partial charge in [-0.25, -0.2) is 0 Å². The first kappa shape index (κ1) is 14.7. The molecule has 0 bridgehead atoms. The lowest BCUT2D eigenvalue weighted by molar-refractivity contribution is 0.234. The minimum absolute atomic E-state index is 0.515. The van der Waals surface area contributed by atoms with Gasteiger partial charge in [0.2, 0.25) is 0 Å².